The Morgan fingerprint density at radius 2 is 0.532 bits per heavy atom. The van der Waals surface area contributed by atoms with Crippen LogP contribution in [0.4, 0.5) is 0 Å². The standard InChI is InChI=1S/C56H108O6/c1-5-7-9-11-13-15-16-17-18-19-22-25-28-32-35-39-43-47-54(57)60-50-53(62-56(59)49-45-41-37-30-14-12-10-8-6-2)51-61-55(58)48-44-40-36-33-29-26-23-20-21-24-27-31-34-38-42-46-52(3)4/h52-53H,5-51H2,1-4H3/t53-/m0/s1. The van der Waals surface area contributed by atoms with Crippen LogP contribution in [-0.4, -0.2) is 37.2 Å². The van der Waals surface area contributed by atoms with Gasteiger partial charge in [0.25, 0.3) is 0 Å². The molecule has 0 heterocycles. The smallest absolute Gasteiger partial charge is 0.306 e. The molecule has 0 fully saturated rings. The van der Waals surface area contributed by atoms with Gasteiger partial charge in [0.05, 0.1) is 0 Å². The van der Waals surface area contributed by atoms with E-state index < -0.39 is 6.10 Å². The van der Waals surface area contributed by atoms with Crippen molar-refractivity contribution in [2.45, 2.75) is 323 Å². The lowest BCUT2D eigenvalue weighted by Crippen LogP contribution is -2.30. The van der Waals surface area contributed by atoms with Gasteiger partial charge in [-0.15, -0.1) is 0 Å². The molecule has 0 aromatic carbocycles. The van der Waals surface area contributed by atoms with Crippen LogP contribution >= 0.6 is 0 Å². The van der Waals surface area contributed by atoms with E-state index in [1.165, 1.54) is 212 Å². The van der Waals surface area contributed by atoms with Crippen LogP contribution in [0.3, 0.4) is 0 Å². The second-order valence-electron chi connectivity index (χ2n) is 19.7. The number of ether oxygens (including phenoxy) is 3. The van der Waals surface area contributed by atoms with Gasteiger partial charge in [-0.1, -0.05) is 278 Å². The largest absolute Gasteiger partial charge is 0.462 e. The van der Waals surface area contributed by atoms with E-state index in [4.69, 9.17) is 14.2 Å². The number of esters is 3. The van der Waals surface area contributed by atoms with Crippen LogP contribution in [0.25, 0.3) is 0 Å². The second kappa shape index (κ2) is 50.4. The third-order valence-electron chi connectivity index (χ3n) is 12.8. The van der Waals surface area contributed by atoms with E-state index in [9.17, 15) is 14.4 Å². The first-order valence-electron chi connectivity index (χ1n) is 27.9. The van der Waals surface area contributed by atoms with Crippen LogP contribution in [0.5, 0.6) is 0 Å². The first-order chi connectivity index (χ1) is 30.4. The molecule has 0 saturated heterocycles. The number of carbonyl (C=O) groups excluding carboxylic acids is 3. The number of hydrogen-bond acceptors (Lipinski definition) is 6. The molecule has 0 N–H and O–H groups in total. The Kier molecular flexibility index (Phi) is 49.1. The summed E-state index contributed by atoms with van der Waals surface area (Å²) < 4.78 is 16.8. The number of rotatable bonds is 51. The molecule has 0 amide bonds. The topological polar surface area (TPSA) is 78.9 Å². The Labute approximate surface area is 387 Å². The van der Waals surface area contributed by atoms with Gasteiger partial charge in [-0.25, -0.2) is 0 Å². The van der Waals surface area contributed by atoms with Crippen molar-refractivity contribution < 1.29 is 28.6 Å². The molecule has 0 aliphatic heterocycles. The fraction of sp³-hybridized carbons (Fsp3) is 0.946. The lowest BCUT2D eigenvalue weighted by Gasteiger charge is -2.18. The van der Waals surface area contributed by atoms with Crippen LogP contribution in [-0.2, 0) is 28.6 Å². The Morgan fingerprint density at radius 1 is 0.306 bits per heavy atom. The Morgan fingerprint density at radius 3 is 0.790 bits per heavy atom. The lowest BCUT2D eigenvalue weighted by atomic mass is 10.0. The summed E-state index contributed by atoms with van der Waals surface area (Å²) in [6.45, 7) is 9.04. The third-order valence-corrected chi connectivity index (χ3v) is 12.8. The highest BCUT2D eigenvalue weighted by Crippen LogP contribution is 2.18. The molecule has 62 heavy (non-hydrogen) atoms. The predicted octanol–water partition coefficient (Wildman–Crippen LogP) is 18.2. The van der Waals surface area contributed by atoms with E-state index >= 15 is 0 Å². The van der Waals surface area contributed by atoms with Crippen LogP contribution in [0.1, 0.15) is 317 Å². The van der Waals surface area contributed by atoms with Crippen molar-refractivity contribution in [3.8, 4) is 0 Å². The minimum Gasteiger partial charge on any atom is -0.462 e. The minimum absolute atomic E-state index is 0.0624. The predicted molar refractivity (Wildman–Crippen MR) is 266 cm³/mol. The summed E-state index contributed by atoms with van der Waals surface area (Å²) in [4.78, 5) is 38.0. The molecular formula is C56H108O6. The summed E-state index contributed by atoms with van der Waals surface area (Å²) >= 11 is 0. The maximum atomic E-state index is 12.7. The maximum absolute atomic E-state index is 12.7. The third kappa shape index (κ3) is 49.4. The molecule has 0 spiro atoms. The molecule has 0 aliphatic rings. The summed E-state index contributed by atoms with van der Waals surface area (Å²) in [7, 11) is 0. The van der Waals surface area contributed by atoms with E-state index in [0.29, 0.717) is 19.3 Å². The van der Waals surface area contributed by atoms with E-state index in [-0.39, 0.29) is 31.1 Å². The van der Waals surface area contributed by atoms with Crippen molar-refractivity contribution in [3.05, 3.63) is 0 Å². The van der Waals surface area contributed by atoms with Gasteiger partial charge < -0.3 is 14.2 Å². The normalized spacial score (nSPS) is 12.0. The van der Waals surface area contributed by atoms with Crippen molar-refractivity contribution in [2.75, 3.05) is 13.2 Å². The molecule has 0 rings (SSSR count). The Hall–Kier alpha value is -1.59. The van der Waals surface area contributed by atoms with Gasteiger partial charge in [-0.3, -0.25) is 14.4 Å². The van der Waals surface area contributed by atoms with Gasteiger partial charge in [0, 0.05) is 19.3 Å². The summed E-state index contributed by atoms with van der Waals surface area (Å²) in [5.74, 6) is 0.00760. The number of carbonyl (C=O) groups is 3. The zero-order valence-corrected chi connectivity index (χ0v) is 42.3. The Bertz CT molecular complexity index is 933. The van der Waals surface area contributed by atoms with E-state index in [1.807, 2.05) is 0 Å². The number of unbranched alkanes of at least 4 members (excludes halogenated alkanes) is 38. The van der Waals surface area contributed by atoms with Gasteiger partial charge in [0.15, 0.2) is 6.10 Å². The fourth-order valence-electron chi connectivity index (χ4n) is 8.57. The molecule has 0 aliphatic carbocycles. The summed E-state index contributed by atoms with van der Waals surface area (Å²) in [6, 6.07) is 0. The molecule has 0 radical (unpaired) electrons. The van der Waals surface area contributed by atoms with Gasteiger partial charge in [-0.05, 0) is 25.2 Å². The summed E-state index contributed by atoms with van der Waals surface area (Å²) in [6.07, 6.45) is 53.8. The highest BCUT2D eigenvalue weighted by atomic mass is 16.6. The van der Waals surface area contributed by atoms with Crippen LogP contribution in [0, 0.1) is 5.92 Å². The van der Waals surface area contributed by atoms with E-state index in [1.54, 1.807) is 0 Å². The first kappa shape index (κ1) is 60.4. The van der Waals surface area contributed by atoms with Crippen LogP contribution in [0.15, 0.2) is 0 Å². The molecule has 0 aromatic rings. The molecule has 1 atom stereocenters. The average Bonchev–Trinajstić information content (AvgIpc) is 3.26. The van der Waals surface area contributed by atoms with Crippen LogP contribution < -0.4 is 0 Å². The maximum Gasteiger partial charge on any atom is 0.306 e. The van der Waals surface area contributed by atoms with Gasteiger partial charge >= 0.3 is 17.9 Å². The summed E-state index contributed by atoms with van der Waals surface area (Å²) in [5.41, 5.74) is 0. The SMILES string of the molecule is CCCCCCCCCCCCCCCCCCCC(=O)OC[C@@H](COC(=O)CCCCCCCCCCCCCCCCCC(C)C)OC(=O)CCCCCCCCCCC. The molecule has 0 saturated carbocycles. The highest BCUT2D eigenvalue weighted by molar-refractivity contribution is 5.71. The zero-order chi connectivity index (χ0) is 45.2. The van der Waals surface area contributed by atoms with Crippen molar-refractivity contribution in [1.82, 2.24) is 0 Å². The van der Waals surface area contributed by atoms with Crippen molar-refractivity contribution in [1.29, 1.82) is 0 Å². The van der Waals surface area contributed by atoms with Gasteiger partial charge in [0.2, 0.25) is 0 Å². The van der Waals surface area contributed by atoms with Gasteiger partial charge in [0.1, 0.15) is 13.2 Å². The lowest BCUT2D eigenvalue weighted by molar-refractivity contribution is -0.167. The first-order valence-corrected chi connectivity index (χ1v) is 27.9. The van der Waals surface area contributed by atoms with E-state index in [2.05, 4.69) is 27.7 Å². The zero-order valence-electron chi connectivity index (χ0n) is 42.3. The van der Waals surface area contributed by atoms with E-state index in [0.717, 1.165) is 63.7 Å². The van der Waals surface area contributed by atoms with Gasteiger partial charge in [-0.2, -0.15) is 0 Å². The molecule has 0 bridgehead atoms. The monoisotopic (exact) mass is 877 g/mol. The van der Waals surface area contributed by atoms with Crippen LogP contribution in [0.2, 0.25) is 0 Å². The minimum atomic E-state index is -0.760. The fourth-order valence-corrected chi connectivity index (χ4v) is 8.57. The summed E-state index contributed by atoms with van der Waals surface area (Å²) in [5, 5.41) is 0. The Balaban J connectivity index is 4.19. The highest BCUT2D eigenvalue weighted by Gasteiger charge is 2.19. The molecule has 0 unspecified atom stereocenters. The molecular weight excluding hydrogens is 769 g/mol. The van der Waals surface area contributed by atoms with Crippen molar-refractivity contribution >= 4 is 17.9 Å². The molecule has 0 aromatic heterocycles. The number of hydrogen-bond donors (Lipinski definition) is 0. The molecule has 6 heteroatoms. The quantitative estimate of drug-likeness (QED) is 0.0344. The molecule has 368 valence electrons. The second-order valence-corrected chi connectivity index (χ2v) is 19.7. The van der Waals surface area contributed by atoms with Crippen molar-refractivity contribution in [3.63, 3.8) is 0 Å². The average molecular weight is 877 g/mol. The van der Waals surface area contributed by atoms with Crippen molar-refractivity contribution in [2.24, 2.45) is 5.92 Å². The molecule has 6 nitrogen and oxygen atoms in total.